The average molecular weight is 383 g/mol. The Balaban J connectivity index is 1.78. The van der Waals surface area contributed by atoms with Gasteiger partial charge in [0.25, 0.3) is 0 Å². The van der Waals surface area contributed by atoms with Crippen LogP contribution in [0.4, 0.5) is 0 Å². The largest absolute Gasteiger partial charge is 0.497 e. The van der Waals surface area contributed by atoms with E-state index >= 15 is 0 Å². The van der Waals surface area contributed by atoms with Crippen LogP contribution >= 0.6 is 0 Å². The van der Waals surface area contributed by atoms with Crippen LogP contribution < -0.4 is 9.47 Å². The van der Waals surface area contributed by atoms with E-state index in [1.54, 1.807) is 7.11 Å². The third kappa shape index (κ3) is 8.37. The quantitative estimate of drug-likeness (QED) is 0.313. The molecule has 0 aromatic heterocycles. The fourth-order valence-electron chi connectivity index (χ4n) is 3.74. The molecular weight excluding hydrogens is 344 g/mol. The van der Waals surface area contributed by atoms with Gasteiger partial charge in [0.15, 0.2) is 0 Å². The predicted octanol–water partition coefficient (Wildman–Crippen LogP) is 7.59. The molecule has 1 unspecified atom stereocenters. The maximum Gasteiger partial charge on any atom is 0.119 e. The van der Waals surface area contributed by atoms with E-state index in [0.29, 0.717) is 6.61 Å². The molecule has 28 heavy (non-hydrogen) atoms. The Kier molecular flexibility index (Phi) is 10.6. The lowest BCUT2D eigenvalue weighted by Crippen LogP contribution is -2.05. The zero-order chi connectivity index (χ0) is 20.0. The van der Waals surface area contributed by atoms with Crippen molar-refractivity contribution in [1.82, 2.24) is 0 Å². The number of ether oxygens (including phenoxy) is 2. The summed E-state index contributed by atoms with van der Waals surface area (Å²) in [4.78, 5) is 0. The summed E-state index contributed by atoms with van der Waals surface area (Å²) in [5.74, 6) is 2.63. The van der Waals surface area contributed by atoms with Crippen LogP contribution in [0.25, 0.3) is 0 Å². The Hall–Kier alpha value is -1.96. The van der Waals surface area contributed by atoms with Crippen molar-refractivity contribution in [2.45, 2.75) is 78.2 Å². The van der Waals surface area contributed by atoms with Gasteiger partial charge in [-0.3, -0.25) is 0 Å². The van der Waals surface area contributed by atoms with Gasteiger partial charge in [0.2, 0.25) is 0 Å². The number of unbranched alkanes of at least 4 members (excludes halogenated alkanes) is 4. The first-order valence-electron chi connectivity index (χ1n) is 11.1. The topological polar surface area (TPSA) is 18.5 Å². The van der Waals surface area contributed by atoms with Crippen molar-refractivity contribution >= 4 is 0 Å². The summed E-state index contributed by atoms with van der Waals surface area (Å²) in [5, 5.41) is 0. The molecule has 154 valence electrons. The molecule has 0 heterocycles. The standard InChI is InChI=1S/C26H38O2/c1-4-6-7-8-9-11-22(10-5-2)20-23-12-18-26(19-13-23)28-21-24-14-16-25(27-3)17-15-24/h12-19,22H,4-11,20-21H2,1-3H3. The van der Waals surface area contributed by atoms with Crippen LogP contribution in [0.15, 0.2) is 48.5 Å². The second kappa shape index (κ2) is 13.3. The maximum absolute atomic E-state index is 5.93. The second-order valence-electron chi connectivity index (χ2n) is 7.84. The zero-order valence-electron chi connectivity index (χ0n) is 18.1. The molecule has 0 bridgehead atoms. The van der Waals surface area contributed by atoms with Crippen molar-refractivity contribution in [3.05, 3.63) is 59.7 Å². The highest BCUT2D eigenvalue weighted by atomic mass is 16.5. The highest BCUT2D eigenvalue weighted by Gasteiger charge is 2.09. The maximum atomic E-state index is 5.93. The molecule has 2 aromatic rings. The normalized spacial score (nSPS) is 12.0. The van der Waals surface area contributed by atoms with Gasteiger partial charge in [0, 0.05) is 0 Å². The molecule has 0 saturated carbocycles. The molecule has 0 saturated heterocycles. The van der Waals surface area contributed by atoms with Crippen molar-refractivity contribution in [2.24, 2.45) is 5.92 Å². The molecule has 0 radical (unpaired) electrons. The lowest BCUT2D eigenvalue weighted by atomic mass is 9.90. The van der Waals surface area contributed by atoms with Crippen LogP contribution in [-0.2, 0) is 13.0 Å². The third-order valence-corrected chi connectivity index (χ3v) is 5.43. The van der Waals surface area contributed by atoms with Crippen molar-refractivity contribution < 1.29 is 9.47 Å². The highest BCUT2D eigenvalue weighted by Crippen LogP contribution is 2.23. The molecule has 0 aliphatic rings. The minimum Gasteiger partial charge on any atom is -0.497 e. The molecule has 0 aliphatic carbocycles. The summed E-state index contributed by atoms with van der Waals surface area (Å²) in [7, 11) is 1.69. The summed E-state index contributed by atoms with van der Waals surface area (Å²) in [6.45, 7) is 5.17. The summed E-state index contributed by atoms with van der Waals surface area (Å²) >= 11 is 0. The van der Waals surface area contributed by atoms with E-state index < -0.39 is 0 Å². The van der Waals surface area contributed by atoms with Gasteiger partial charge >= 0.3 is 0 Å². The Labute approximate surface area is 172 Å². The van der Waals surface area contributed by atoms with Crippen LogP contribution in [0.5, 0.6) is 11.5 Å². The first-order valence-corrected chi connectivity index (χ1v) is 11.1. The van der Waals surface area contributed by atoms with Gasteiger partial charge in [-0.1, -0.05) is 89.5 Å². The Morgan fingerprint density at radius 1 is 0.679 bits per heavy atom. The predicted molar refractivity (Wildman–Crippen MR) is 119 cm³/mol. The van der Waals surface area contributed by atoms with Gasteiger partial charge in [-0.15, -0.1) is 0 Å². The molecule has 2 rings (SSSR count). The lowest BCUT2D eigenvalue weighted by molar-refractivity contribution is 0.306. The molecule has 2 nitrogen and oxygen atoms in total. The molecule has 1 atom stereocenters. The van der Waals surface area contributed by atoms with Gasteiger partial charge < -0.3 is 9.47 Å². The number of rotatable bonds is 14. The summed E-state index contributed by atoms with van der Waals surface area (Å²) in [5.41, 5.74) is 2.58. The lowest BCUT2D eigenvalue weighted by Gasteiger charge is -2.16. The summed E-state index contributed by atoms with van der Waals surface area (Å²) < 4.78 is 11.1. The van der Waals surface area contributed by atoms with E-state index in [9.17, 15) is 0 Å². The SMILES string of the molecule is CCCCCCCC(CCC)Cc1ccc(OCc2ccc(OC)cc2)cc1. The number of methoxy groups -OCH3 is 1. The van der Waals surface area contributed by atoms with Gasteiger partial charge in [-0.05, 0) is 47.7 Å². The third-order valence-electron chi connectivity index (χ3n) is 5.43. The Bertz CT molecular complexity index is 630. The van der Waals surface area contributed by atoms with Crippen LogP contribution in [0.1, 0.15) is 76.3 Å². The van der Waals surface area contributed by atoms with Crippen molar-refractivity contribution in [1.29, 1.82) is 0 Å². The van der Waals surface area contributed by atoms with Crippen molar-refractivity contribution in [3.8, 4) is 11.5 Å². The first-order chi connectivity index (χ1) is 13.7. The number of benzene rings is 2. The molecular formula is C26H38O2. The molecule has 0 amide bonds. The van der Waals surface area contributed by atoms with E-state index in [1.165, 1.54) is 63.4 Å². The Morgan fingerprint density at radius 3 is 1.96 bits per heavy atom. The van der Waals surface area contributed by atoms with Gasteiger partial charge in [-0.2, -0.15) is 0 Å². The second-order valence-corrected chi connectivity index (χ2v) is 7.84. The molecule has 2 heteroatoms. The minimum absolute atomic E-state index is 0.583. The molecule has 0 fully saturated rings. The van der Waals surface area contributed by atoms with E-state index in [4.69, 9.17) is 9.47 Å². The average Bonchev–Trinajstić information content (AvgIpc) is 2.73. The fraction of sp³-hybridized carbons (Fsp3) is 0.538. The molecule has 2 aromatic carbocycles. The zero-order valence-corrected chi connectivity index (χ0v) is 18.1. The fourth-order valence-corrected chi connectivity index (χ4v) is 3.74. The van der Waals surface area contributed by atoms with E-state index in [0.717, 1.165) is 23.0 Å². The van der Waals surface area contributed by atoms with E-state index in [2.05, 4.69) is 38.1 Å². The molecule has 0 N–H and O–H groups in total. The van der Waals surface area contributed by atoms with E-state index in [-0.39, 0.29) is 0 Å². The van der Waals surface area contributed by atoms with Gasteiger partial charge in [0.1, 0.15) is 18.1 Å². The van der Waals surface area contributed by atoms with Crippen molar-refractivity contribution in [3.63, 3.8) is 0 Å². The van der Waals surface area contributed by atoms with Crippen molar-refractivity contribution in [2.75, 3.05) is 7.11 Å². The van der Waals surface area contributed by atoms with Crippen LogP contribution in [0, 0.1) is 5.92 Å². The summed E-state index contributed by atoms with van der Waals surface area (Å²) in [6.07, 6.45) is 12.1. The summed E-state index contributed by atoms with van der Waals surface area (Å²) in [6, 6.07) is 16.7. The number of hydrogen-bond donors (Lipinski definition) is 0. The first kappa shape index (κ1) is 22.3. The van der Waals surface area contributed by atoms with Crippen LogP contribution in [0.3, 0.4) is 0 Å². The Morgan fingerprint density at radius 2 is 1.32 bits per heavy atom. The minimum atomic E-state index is 0.583. The molecule has 0 spiro atoms. The van der Waals surface area contributed by atoms with Crippen LogP contribution in [-0.4, -0.2) is 7.11 Å². The number of hydrogen-bond acceptors (Lipinski definition) is 2. The van der Waals surface area contributed by atoms with Crippen LogP contribution in [0.2, 0.25) is 0 Å². The smallest absolute Gasteiger partial charge is 0.119 e. The monoisotopic (exact) mass is 382 g/mol. The van der Waals surface area contributed by atoms with Gasteiger partial charge in [-0.25, -0.2) is 0 Å². The highest BCUT2D eigenvalue weighted by molar-refractivity contribution is 5.29. The van der Waals surface area contributed by atoms with Gasteiger partial charge in [0.05, 0.1) is 7.11 Å². The molecule has 0 aliphatic heterocycles. The van der Waals surface area contributed by atoms with E-state index in [1.807, 2.05) is 24.3 Å².